The zero-order valence-corrected chi connectivity index (χ0v) is 13.0. The zero-order valence-electron chi connectivity index (χ0n) is 11.4. The van der Waals surface area contributed by atoms with Gasteiger partial charge < -0.3 is 10.3 Å². The van der Waals surface area contributed by atoms with Crippen LogP contribution in [0.2, 0.25) is 0 Å². The Kier molecular flexibility index (Phi) is 6.12. The number of rotatable bonds is 6. The van der Waals surface area contributed by atoms with Crippen molar-refractivity contribution in [1.82, 2.24) is 19.9 Å². The second kappa shape index (κ2) is 7.37. The predicted octanol–water partition coefficient (Wildman–Crippen LogP) is 0.793. The second-order valence-electron chi connectivity index (χ2n) is 4.43. The lowest BCUT2D eigenvalue weighted by molar-refractivity contribution is -0.120. The zero-order chi connectivity index (χ0) is 13.8. The van der Waals surface area contributed by atoms with Gasteiger partial charge in [-0.3, -0.25) is 10.1 Å². The number of halogens is 1. The van der Waals surface area contributed by atoms with Crippen molar-refractivity contribution < 1.29 is 4.79 Å². The van der Waals surface area contributed by atoms with Crippen LogP contribution in [0.15, 0.2) is 17.9 Å². The van der Waals surface area contributed by atoms with Crippen LogP contribution in [0.5, 0.6) is 0 Å². The lowest BCUT2D eigenvalue weighted by atomic mass is 10.1. The molecule has 2 aromatic heterocycles. The van der Waals surface area contributed by atoms with Gasteiger partial charge in [-0.25, -0.2) is 9.97 Å². The Morgan fingerprint density at radius 3 is 2.80 bits per heavy atom. The average Bonchev–Trinajstić information content (AvgIpc) is 2.93. The summed E-state index contributed by atoms with van der Waals surface area (Å²) in [6.45, 7) is 2.48. The maximum absolute atomic E-state index is 11.4. The number of carbonyl (C=O) groups is 1. The van der Waals surface area contributed by atoms with Crippen LogP contribution in [0.25, 0.3) is 0 Å². The molecule has 1 unspecified atom stereocenters. The van der Waals surface area contributed by atoms with E-state index in [0.717, 1.165) is 16.4 Å². The molecule has 0 aliphatic heterocycles. The molecule has 0 aliphatic carbocycles. The Bertz CT molecular complexity index is 568. The van der Waals surface area contributed by atoms with Gasteiger partial charge in [0.15, 0.2) is 0 Å². The standard InChI is InChI=1S/C12H17N5OS.ClH/c1-8-16-10(6-19-8)4-14-11(12(13)18)3-9-5-17(2)7-15-9;/h5-7,11,14H,3-4H2,1-2H3,(H2,13,18);1H. The van der Waals surface area contributed by atoms with Crippen LogP contribution < -0.4 is 11.1 Å². The molecule has 0 bridgehead atoms. The number of nitrogens with one attached hydrogen (secondary N) is 1. The third kappa shape index (κ3) is 4.59. The van der Waals surface area contributed by atoms with E-state index in [1.54, 1.807) is 17.7 Å². The number of amides is 1. The molecule has 0 aromatic carbocycles. The summed E-state index contributed by atoms with van der Waals surface area (Å²) in [5, 5.41) is 6.11. The minimum Gasteiger partial charge on any atom is -0.368 e. The molecule has 8 heteroatoms. The third-order valence-electron chi connectivity index (χ3n) is 2.71. The fourth-order valence-corrected chi connectivity index (χ4v) is 2.38. The van der Waals surface area contributed by atoms with E-state index in [1.165, 1.54) is 0 Å². The average molecular weight is 316 g/mol. The normalized spacial score (nSPS) is 11.9. The minimum absolute atomic E-state index is 0. The second-order valence-corrected chi connectivity index (χ2v) is 5.49. The summed E-state index contributed by atoms with van der Waals surface area (Å²) < 4.78 is 1.84. The van der Waals surface area contributed by atoms with Gasteiger partial charge in [0.25, 0.3) is 0 Å². The molecule has 0 saturated carbocycles. The summed E-state index contributed by atoms with van der Waals surface area (Å²) in [7, 11) is 1.89. The van der Waals surface area contributed by atoms with Gasteiger partial charge in [-0.15, -0.1) is 23.7 Å². The predicted molar refractivity (Wildman–Crippen MR) is 80.8 cm³/mol. The lowest BCUT2D eigenvalue weighted by Gasteiger charge is -2.13. The summed E-state index contributed by atoms with van der Waals surface area (Å²) in [6.07, 6.45) is 4.07. The van der Waals surface area contributed by atoms with E-state index in [9.17, 15) is 4.79 Å². The number of hydrogen-bond donors (Lipinski definition) is 2. The number of carbonyl (C=O) groups excluding carboxylic acids is 1. The molecule has 20 heavy (non-hydrogen) atoms. The van der Waals surface area contributed by atoms with E-state index < -0.39 is 6.04 Å². The third-order valence-corrected chi connectivity index (χ3v) is 3.53. The van der Waals surface area contributed by atoms with Crippen LogP contribution in [0.4, 0.5) is 0 Å². The summed E-state index contributed by atoms with van der Waals surface area (Å²) in [5.41, 5.74) is 7.17. The highest BCUT2D eigenvalue weighted by molar-refractivity contribution is 7.09. The first-order chi connectivity index (χ1) is 9.04. The molecule has 1 atom stereocenters. The van der Waals surface area contributed by atoms with Crippen molar-refractivity contribution in [2.45, 2.75) is 25.9 Å². The van der Waals surface area contributed by atoms with Crippen molar-refractivity contribution in [3.05, 3.63) is 34.3 Å². The number of thiazole rings is 1. The Balaban J connectivity index is 0.00000200. The van der Waals surface area contributed by atoms with Gasteiger partial charge in [-0.05, 0) is 6.92 Å². The number of aryl methyl sites for hydroxylation is 2. The van der Waals surface area contributed by atoms with Crippen molar-refractivity contribution in [2.24, 2.45) is 12.8 Å². The van der Waals surface area contributed by atoms with Crippen LogP contribution in [0, 0.1) is 6.92 Å². The summed E-state index contributed by atoms with van der Waals surface area (Å²) in [4.78, 5) is 20.0. The highest BCUT2D eigenvalue weighted by Crippen LogP contribution is 2.08. The number of primary amides is 1. The van der Waals surface area contributed by atoms with E-state index in [1.807, 2.05) is 30.1 Å². The molecule has 0 aliphatic rings. The van der Waals surface area contributed by atoms with E-state index >= 15 is 0 Å². The largest absolute Gasteiger partial charge is 0.368 e. The molecule has 6 nitrogen and oxygen atoms in total. The quantitative estimate of drug-likeness (QED) is 0.825. The molecule has 0 spiro atoms. The molecular weight excluding hydrogens is 298 g/mol. The molecular formula is C12H18ClN5OS. The minimum atomic E-state index is -0.433. The van der Waals surface area contributed by atoms with Crippen molar-refractivity contribution in [3.8, 4) is 0 Å². The molecule has 2 rings (SSSR count). The van der Waals surface area contributed by atoms with Gasteiger partial charge in [-0.1, -0.05) is 0 Å². The number of nitrogens with two attached hydrogens (primary N) is 1. The number of imidazole rings is 1. The Morgan fingerprint density at radius 1 is 1.55 bits per heavy atom. The van der Waals surface area contributed by atoms with Crippen molar-refractivity contribution in [1.29, 1.82) is 0 Å². The van der Waals surface area contributed by atoms with Gasteiger partial charge in [0.2, 0.25) is 5.91 Å². The SMILES string of the molecule is Cc1nc(CNC(Cc2cn(C)cn2)C(N)=O)cs1.Cl. The van der Waals surface area contributed by atoms with Crippen molar-refractivity contribution in [3.63, 3.8) is 0 Å². The highest BCUT2D eigenvalue weighted by Gasteiger charge is 2.17. The number of aromatic nitrogens is 3. The smallest absolute Gasteiger partial charge is 0.234 e. The number of hydrogen-bond acceptors (Lipinski definition) is 5. The van der Waals surface area contributed by atoms with Gasteiger partial charge >= 0.3 is 0 Å². The highest BCUT2D eigenvalue weighted by atomic mass is 35.5. The van der Waals surface area contributed by atoms with Gasteiger partial charge in [0.05, 0.1) is 28.8 Å². The van der Waals surface area contributed by atoms with Crippen LogP contribution >= 0.6 is 23.7 Å². The first-order valence-electron chi connectivity index (χ1n) is 5.95. The molecule has 2 aromatic rings. The van der Waals surface area contributed by atoms with Gasteiger partial charge in [0, 0.05) is 31.6 Å². The number of nitrogens with zero attached hydrogens (tertiary/aromatic N) is 3. The fourth-order valence-electron chi connectivity index (χ4n) is 1.77. The maximum Gasteiger partial charge on any atom is 0.234 e. The van der Waals surface area contributed by atoms with E-state index in [0.29, 0.717) is 13.0 Å². The monoisotopic (exact) mass is 315 g/mol. The van der Waals surface area contributed by atoms with E-state index in [4.69, 9.17) is 5.73 Å². The topological polar surface area (TPSA) is 85.8 Å². The molecule has 2 heterocycles. The fraction of sp³-hybridized carbons (Fsp3) is 0.417. The molecule has 3 N–H and O–H groups in total. The van der Waals surface area contributed by atoms with Crippen LogP contribution in [-0.2, 0) is 24.8 Å². The van der Waals surface area contributed by atoms with Gasteiger partial charge in [-0.2, -0.15) is 0 Å². The Morgan fingerprint density at radius 2 is 2.30 bits per heavy atom. The Labute approximate surface area is 127 Å². The van der Waals surface area contributed by atoms with Crippen LogP contribution in [0.3, 0.4) is 0 Å². The summed E-state index contributed by atoms with van der Waals surface area (Å²) >= 11 is 1.59. The van der Waals surface area contributed by atoms with Crippen LogP contribution in [-0.4, -0.2) is 26.5 Å². The molecule has 0 fully saturated rings. The van der Waals surface area contributed by atoms with Crippen molar-refractivity contribution >= 4 is 29.7 Å². The molecule has 110 valence electrons. The molecule has 0 radical (unpaired) electrons. The molecule has 0 saturated heterocycles. The molecule has 1 amide bonds. The maximum atomic E-state index is 11.4. The Hall–Kier alpha value is -1.44. The van der Waals surface area contributed by atoms with Gasteiger partial charge in [0.1, 0.15) is 0 Å². The van der Waals surface area contributed by atoms with E-state index in [-0.39, 0.29) is 18.3 Å². The van der Waals surface area contributed by atoms with Crippen LogP contribution in [0.1, 0.15) is 16.4 Å². The lowest BCUT2D eigenvalue weighted by Crippen LogP contribution is -2.42. The van der Waals surface area contributed by atoms with Crippen molar-refractivity contribution in [2.75, 3.05) is 0 Å². The first-order valence-corrected chi connectivity index (χ1v) is 6.83. The van der Waals surface area contributed by atoms with E-state index in [2.05, 4.69) is 15.3 Å². The first kappa shape index (κ1) is 16.6. The summed E-state index contributed by atoms with van der Waals surface area (Å²) in [5.74, 6) is -0.377. The summed E-state index contributed by atoms with van der Waals surface area (Å²) in [6, 6.07) is -0.433.